The summed E-state index contributed by atoms with van der Waals surface area (Å²) in [6.07, 6.45) is 2.70. The Bertz CT molecular complexity index is 165. The van der Waals surface area contributed by atoms with Crippen LogP contribution in [-0.2, 0) is 0 Å². The van der Waals surface area contributed by atoms with Crippen molar-refractivity contribution in [1.82, 2.24) is 4.90 Å². The van der Waals surface area contributed by atoms with Crippen molar-refractivity contribution in [2.45, 2.75) is 32.2 Å². The summed E-state index contributed by atoms with van der Waals surface area (Å²) in [6.45, 7) is 8.16. The molecule has 2 heteroatoms. The van der Waals surface area contributed by atoms with Crippen LogP contribution in [0.1, 0.15) is 26.7 Å². The maximum absolute atomic E-state index is 5.95. The monoisotopic (exact) mass is 168 g/mol. The van der Waals surface area contributed by atoms with Crippen LogP contribution in [0, 0.1) is 11.8 Å². The van der Waals surface area contributed by atoms with E-state index >= 15 is 0 Å². The minimum atomic E-state index is 0.375. The zero-order valence-electron chi connectivity index (χ0n) is 8.21. The Balaban J connectivity index is 2.29. The van der Waals surface area contributed by atoms with Gasteiger partial charge in [-0.15, -0.1) is 0 Å². The van der Waals surface area contributed by atoms with Gasteiger partial charge in [0.25, 0.3) is 0 Å². The number of nitrogens with two attached hydrogens (primary N) is 1. The van der Waals surface area contributed by atoms with E-state index in [4.69, 9.17) is 5.73 Å². The van der Waals surface area contributed by atoms with Crippen LogP contribution in [0.15, 0.2) is 0 Å². The van der Waals surface area contributed by atoms with Gasteiger partial charge >= 0.3 is 0 Å². The molecule has 0 spiro atoms. The van der Waals surface area contributed by atoms with Crippen LogP contribution in [0.3, 0.4) is 0 Å². The van der Waals surface area contributed by atoms with Gasteiger partial charge in [0.15, 0.2) is 0 Å². The molecule has 2 unspecified atom stereocenters. The molecule has 0 aromatic rings. The van der Waals surface area contributed by atoms with Crippen LogP contribution in [0.2, 0.25) is 0 Å². The van der Waals surface area contributed by atoms with Gasteiger partial charge in [0.1, 0.15) is 0 Å². The molecule has 0 aromatic carbocycles. The minimum absolute atomic E-state index is 0.375. The van der Waals surface area contributed by atoms with Crippen LogP contribution in [-0.4, -0.2) is 30.1 Å². The fourth-order valence-electron chi connectivity index (χ4n) is 3.37. The Morgan fingerprint density at radius 3 is 2.08 bits per heavy atom. The zero-order valence-corrected chi connectivity index (χ0v) is 8.21. The second-order valence-electron chi connectivity index (χ2n) is 4.56. The van der Waals surface area contributed by atoms with Gasteiger partial charge in [-0.2, -0.15) is 0 Å². The molecule has 70 valence electrons. The summed E-state index contributed by atoms with van der Waals surface area (Å²) in [5.41, 5.74) is 6.32. The van der Waals surface area contributed by atoms with Gasteiger partial charge in [-0.1, -0.05) is 13.8 Å². The molecule has 0 saturated carbocycles. The van der Waals surface area contributed by atoms with E-state index in [1.165, 1.54) is 25.9 Å². The van der Waals surface area contributed by atoms with E-state index < -0.39 is 0 Å². The first kappa shape index (κ1) is 8.52. The van der Waals surface area contributed by atoms with E-state index in [-0.39, 0.29) is 0 Å². The molecule has 0 aliphatic carbocycles. The first-order valence-corrected chi connectivity index (χ1v) is 5.17. The summed E-state index contributed by atoms with van der Waals surface area (Å²) >= 11 is 0. The van der Waals surface area contributed by atoms with E-state index in [0.717, 1.165) is 18.4 Å². The van der Waals surface area contributed by atoms with Gasteiger partial charge in [-0.25, -0.2) is 0 Å². The number of hydrogen-bond acceptors (Lipinski definition) is 2. The maximum atomic E-state index is 5.95. The lowest BCUT2D eigenvalue weighted by molar-refractivity contribution is 0.128. The lowest BCUT2D eigenvalue weighted by atomic mass is 9.77. The average Bonchev–Trinajstić information content (AvgIpc) is 2.54. The summed E-state index contributed by atoms with van der Waals surface area (Å²) < 4.78 is 0. The average molecular weight is 168 g/mol. The number of rotatable bonds is 1. The highest BCUT2D eigenvalue weighted by Crippen LogP contribution is 2.45. The topological polar surface area (TPSA) is 29.3 Å². The van der Waals surface area contributed by atoms with Crippen molar-refractivity contribution in [1.29, 1.82) is 0 Å². The molecule has 2 heterocycles. The van der Waals surface area contributed by atoms with Crippen molar-refractivity contribution >= 4 is 0 Å². The molecule has 2 rings (SSSR count). The molecule has 12 heavy (non-hydrogen) atoms. The predicted octanol–water partition coefficient (Wildman–Crippen LogP) is 1.07. The molecule has 0 bridgehead atoms. The SMILES string of the molecule is CC1CCN2CCC(C)C12CN. The highest BCUT2D eigenvalue weighted by atomic mass is 15.3. The van der Waals surface area contributed by atoms with E-state index in [1.807, 2.05) is 0 Å². The lowest BCUT2D eigenvalue weighted by Gasteiger charge is -2.38. The van der Waals surface area contributed by atoms with Crippen LogP contribution in [0.5, 0.6) is 0 Å². The number of hydrogen-bond donors (Lipinski definition) is 1. The highest BCUT2D eigenvalue weighted by Gasteiger charge is 2.52. The van der Waals surface area contributed by atoms with Crippen molar-refractivity contribution in [3.05, 3.63) is 0 Å². The van der Waals surface area contributed by atoms with E-state index in [1.54, 1.807) is 0 Å². The molecular weight excluding hydrogens is 148 g/mol. The van der Waals surface area contributed by atoms with Crippen LogP contribution >= 0.6 is 0 Å². The Hall–Kier alpha value is -0.0800. The van der Waals surface area contributed by atoms with E-state index in [2.05, 4.69) is 18.7 Å². The molecular formula is C10H20N2. The first-order chi connectivity index (χ1) is 5.71. The Morgan fingerprint density at radius 2 is 1.75 bits per heavy atom. The largest absolute Gasteiger partial charge is 0.329 e. The standard InChI is InChI=1S/C10H20N2/c1-8-3-5-12-6-4-9(2)10(8,12)7-11/h8-9H,3-7,11H2,1-2H3. The second-order valence-corrected chi connectivity index (χ2v) is 4.56. The third kappa shape index (κ3) is 0.826. The zero-order chi connectivity index (χ0) is 8.77. The molecule has 2 atom stereocenters. The minimum Gasteiger partial charge on any atom is -0.329 e. The van der Waals surface area contributed by atoms with Gasteiger partial charge in [0, 0.05) is 12.1 Å². The fraction of sp³-hybridized carbons (Fsp3) is 1.00. The van der Waals surface area contributed by atoms with Gasteiger partial charge < -0.3 is 5.73 Å². The quantitative estimate of drug-likeness (QED) is 0.634. The molecule has 2 nitrogen and oxygen atoms in total. The van der Waals surface area contributed by atoms with Crippen LogP contribution in [0.4, 0.5) is 0 Å². The molecule has 2 aliphatic rings. The van der Waals surface area contributed by atoms with Crippen LogP contribution < -0.4 is 5.73 Å². The third-order valence-corrected chi connectivity index (χ3v) is 4.29. The summed E-state index contributed by atoms with van der Waals surface area (Å²) in [5.74, 6) is 1.61. The van der Waals surface area contributed by atoms with Crippen molar-refractivity contribution in [3.8, 4) is 0 Å². The van der Waals surface area contributed by atoms with Gasteiger partial charge in [-0.3, -0.25) is 4.90 Å². The van der Waals surface area contributed by atoms with Gasteiger partial charge in [0.05, 0.1) is 0 Å². The van der Waals surface area contributed by atoms with Gasteiger partial charge in [-0.05, 0) is 37.8 Å². The molecule has 2 N–H and O–H groups in total. The first-order valence-electron chi connectivity index (χ1n) is 5.17. The highest BCUT2D eigenvalue weighted by molar-refractivity contribution is 5.08. The summed E-state index contributed by atoms with van der Waals surface area (Å²) in [7, 11) is 0. The van der Waals surface area contributed by atoms with Crippen LogP contribution in [0.25, 0.3) is 0 Å². The molecule has 2 saturated heterocycles. The number of nitrogens with zero attached hydrogens (tertiary/aromatic N) is 1. The maximum Gasteiger partial charge on any atom is 0.0383 e. The smallest absolute Gasteiger partial charge is 0.0383 e. The summed E-state index contributed by atoms with van der Waals surface area (Å²) in [4.78, 5) is 2.63. The summed E-state index contributed by atoms with van der Waals surface area (Å²) in [6, 6.07) is 0. The molecule has 2 aliphatic heterocycles. The predicted molar refractivity (Wildman–Crippen MR) is 50.9 cm³/mol. The van der Waals surface area contributed by atoms with E-state index in [9.17, 15) is 0 Å². The molecule has 0 radical (unpaired) electrons. The molecule has 0 amide bonds. The molecule has 0 aromatic heterocycles. The second kappa shape index (κ2) is 2.71. The molecule has 2 fully saturated rings. The lowest BCUT2D eigenvalue weighted by Crippen LogP contribution is -2.52. The van der Waals surface area contributed by atoms with E-state index in [0.29, 0.717) is 5.54 Å². The number of fused-ring (bicyclic) bond motifs is 1. The Kier molecular flexibility index (Phi) is 1.92. The summed E-state index contributed by atoms with van der Waals surface area (Å²) in [5, 5.41) is 0. The van der Waals surface area contributed by atoms with Crippen molar-refractivity contribution in [3.63, 3.8) is 0 Å². The Labute approximate surface area is 75.1 Å². The Morgan fingerprint density at radius 1 is 1.25 bits per heavy atom. The van der Waals surface area contributed by atoms with Gasteiger partial charge in [0.2, 0.25) is 0 Å². The normalized spacial score (nSPS) is 48.2. The van der Waals surface area contributed by atoms with Crippen molar-refractivity contribution in [2.24, 2.45) is 17.6 Å². The third-order valence-electron chi connectivity index (χ3n) is 4.29. The van der Waals surface area contributed by atoms with Crippen molar-refractivity contribution < 1.29 is 0 Å². The fourth-order valence-corrected chi connectivity index (χ4v) is 3.37. The van der Waals surface area contributed by atoms with Crippen molar-refractivity contribution in [2.75, 3.05) is 19.6 Å².